The minimum atomic E-state index is -6.38. The number of likely N-dealkylation sites (N-methyl/N-ethyl adjacent to an activating group) is 1. The maximum atomic E-state index is 13.6. The summed E-state index contributed by atoms with van der Waals surface area (Å²) in [5.74, 6) is -1.07. The average Bonchev–Trinajstić information content (AvgIpc) is 3.30. The first kappa shape index (κ1) is 52.7. The minimum absolute atomic E-state index is 0.00994. The number of para-hydroxylation sites is 1. The highest BCUT2D eigenvalue weighted by Crippen LogP contribution is 2.43. The number of anilines is 1. The fourth-order valence-corrected chi connectivity index (χ4v) is 9.18. The molecule has 1 heterocycles. The number of alkyl carbamates (subject to hydrolysis) is 2. The molecule has 3 N–H and O–H groups in total. The van der Waals surface area contributed by atoms with Gasteiger partial charge in [-0.2, -0.15) is 17.7 Å². The zero-order valence-electron chi connectivity index (χ0n) is 37.6. The summed E-state index contributed by atoms with van der Waals surface area (Å²) in [5.41, 5.74) is -3.90. The molecule has 0 atom stereocenters. The first-order chi connectivity index (χ1) is 32.6. The van der Waals surface area contributed by atoms with E-state index in [0.29, 0.717) is 23.3 Å². The number of hydrogen-bond donors (Lipinski definition) is 3. The van der Waals surface area contributed by atoms with Gasteiger partial charge in [0.1, 0.15) is 31.2 Å². The second-order valence-electron chi connectivity index (χ2n) is 14.9. The van der Waals surface area contributed by atoms with Crippen molar-refractivity contribution in [2.75, 3.05) is 64.1 Å². The summed E-state index contributed by atoms with van der Waals surface area (Å²) in [6.07, 6.45) is -1.54. The van der Waals surface area contributed by atoms with Crippen LogP contribution in [0.15, 0.2) is 125 Å². The first-order valence-corrected chi connectivity index (χ1v) is 23.9. The van der Waals surface area contributed by atoms with Crippen molar-refractivity contribution in [1.29, 1.82) is 0 Å². The molecule has 2 amide bonds. The predicted molar refractivity (Wildman–Crippen MR) is 248 cm³/mol. The second-order valence-corrected chi connectivity index (χ2v) is 18.5. The topological polar surface area (TPSA) is 229 Å². The van der Waals surface area contributed by atoms with Crippen molar-refractivity contribution >= 4 is 66.5 Å². The van der Waals surface area contributed by atoms with Crippen LogP contribution < -0.4 is 29.6 Å². The number of rotatable bonds is 21. The Kier molecular flexibility index (Phi) is 17.7. The van der Waals surface area contributed by atoms with Crippen LogP contribution in [0.4, 0.5) is 34.1 Å². The maximum Gasteiger partial charge on any atom is 0.512 e. The van der Waals surface area contributed by atoms with Crippen LogP contribution in [-0.4, -0.2) is 106 Å². The molecular formula is C46H49F3N5O13S2+. The monoisotopic (exact) mass is 1000 g/mol. The molecule has 0 fully saturated rings. The average molecular weight is 1000 g/mol. The number of carbonyl (C=O) groups is 4. The second kappa shape index (κ2) is 23.2. The molecule has 368 valence electrons. The highest BCUT2D eigenvalue weighted by molar-refractivity contribution is 8.05. The fourth-order valence-electron chi connectivity index (χ4n) is 6.57. The van der Waals surface area contributed by atoms with E-state index in [1.165, 1.54) is 32.0 Å². The van der Waals surface area contributed by atoms with Crippen molar-refractivity contribution < 1.29 is 72.5 Å². The third-order valence-corrected chi connectivity index (χ3v) is 13.1. The lowest BCUT2D eigenvalue weighted by Gasteiger charge is -2.24. The Morgan fingerprint density at radius 1 is 0.725 bits per heavy atom. The van der Waals surface area contributed by atoms with Gasteiger partial charge in [-0.3, -0.25) is 0 Å². The van der Waals surface area contributed by atoms with Gasteiger partial charge in [0.05, 0.1) is 30.6 Å². The number of esters is 2. The van der Waals surface area contributed by atoms with Crippen LogP contribution in [0.5, 0.6) is 0 Å². The molecule has 0 radical (unpaired) electrons. The van der Waals surface area contributed by atoms with E-state index in [2.05, 4.69) is 23.8 Å². The summed E-state index contributed by atoms with van der Waals surface area (Å²) in [6.45, 7) is 12.0. The Morgan fingerprint density at radius 3 is 1.91 bits per heavy atom. The Hall–Kier alpha value is -7.24. The fraction of sp³-hybridized carbons (Fsp3) is 0.283. The molecule has 0 saturated heterocycles. The number of halogens is 3. The van der Waals surface area contributed by atoms with Crippen molar-refractivity contribution in [3.8, 4) is 22.5 Å². The number of sulfonamides is 2. The van der Waals surface area contributed by atoms with Gasteiger partial charge in [-0.05, 0) is 45.0 Å². The number of nitrogens with one attached hydrogen (secondary N) is 3. The quantitative estimate of drug-likeness (QED) is 0.0193. The van der Waals surface area contributed by atoms with Crippen LogP contribution >= 0.6 is 0 Å². The lowest BCUT2D eigenvalue weighted by Crippen LogP contribution is -2.40. The van der Waals surface area contributed by atoms with Crippen molar-refractivity contribution in [3.63, 3.8) is 0 Å². The smallest absolute Gasteiger partial charge is 0.460 e. The van der Waals surface area contributed by atoms with Gasteiger partial charge in [-0.1, -0.05) is 53.7 Å². The van der Waals surface area contributed by atoms with Gasteiger partial charge in [0.15, 0.2) is 13.2 Å². The summed E-state index contributed by atoms with van der Waals surface area (Å²) in [4.78, 5) is 49.2. The first-order valence-electron chi connectivity index (χ1n) is 21.0. The molecule has 0 aromatic heterocycles. The van der Waals surface area contributed by atoms with Gasteiger partial charge in [-0.15, -0.1) is 0 Å². The van der Waals surface area contributed by atoms with Gasteiger partial charge in [0, 0.05) is 69.7 Å². The number of amides is 2. The third kappa shape index (κ3) is 13.9. The van der Waals surface area contributed by atoms with Crippen molar-refractivity contribution in [2.45, 2.75) is 31.2 Å². The van der Waals surface area contributed by atoms with Gasteiger partial charge >= 0.3 is 39.7 Å². The number of nitrogens with zero attached hydrogens (tertiary/aromatic N) is 2. The molecule has 2 aliphatic rings. The molecular weight excluding hydrogens is 952 g/mol. The summed E-state index contributed by atoms with van der Waals surface area (Å²) >= 11 is 0. The standard InChI is InChI=1S/C46H48F3N5O13S2/c1-6-53(22-26-65-44(57)50-20-24-63-42(55)30(2)3)33-16-18-35-38(28-33)67-39-29-34(54(32-12-8-7-9-13-32)23-27-66-45(58)51-21-25-64-43(56)31(4)5)17-19-36(39)41(35)37-14-10-11-15-40(37)68(59,60)52-69(61,62)46(47,48)49/h7-19,28-29,52H,2,4,6,20-27H2,1,3,5H3,(H-,50,51,57,58)/p+1. The molecule has 1 aliphatic heterocycles. The van der Waals surface area contributed by atoms with E-state index in [0.717, 1.165) is 10.2 Å². The normalized spacial score (nSPS) is 12.1. The third-order valence-electron chi connectivity index (χ3n) is 9.83. The molecule has 23 heteroatoms. The summed E-state index contributed by atoms with van der Waals surface area (Å²) in [6, 6.07) is 23.7. The zero-order chi connectivity index (χ0) is 50.5. The van der Waals surface area contributed by atoms with Gasteiger partial charge in [0.25, 0.3) is 10.0 Å². The molecule has 18 nitrogen and oxygen atoms in total. The summed E-state index contributed by atoms with van der Waals surface area (Å²) < 4.78 is 122. The van der Waals surface area contributed by atoms with Gasteiger partial charge < -0.3 is 38.9 Å². The van der Waals surface area contributed by atoms with Crippen LogP contribution in [0.2, 0.25) is 0 Å². The molecule has 0 unspecified atom stereocenters. The molecule has 3 aromatic rings. The lowest BCUT2D eigenvalue weighted by atomic mass is 9.93. The van der Waals surface area contributed by atoms with Crippen LogP contribution in [0.1, 0.15) is 20.8 Å². The Balaban J connectivity index is 1.57. The summed E-state index contributed by atoms with van der Waals surface area (Å²) in [7, 11) is -11.8. The predicted octanol–water partition coefficient (Wildman–Crippen LogP) is 5.95. The van der Waals surface area contributed by atoms with Crippen molar-refractivity contribution in [2.24, 2.45) is 0 Å². The van der Waals surface area contributed by atoms with Crippen molar-refractivity contribution in [3.05, 3.63) is 121 Å². The Morgan fingerprint density at radius 2 is 1.32 bits per heavy atom. The van der Waals surface area contributed by atoms with E-state index in [1.807, 2.05) is 11.8 Å². The number of benzene rings is 4. The van der Waals surface area contributed by atoms with Crippen LogP contribution in [0, 0.1) is 0 Å². The number of ether oxygens (including phenoxy) is 4. The van der Waals surface area contributed by atoms with Crippen LogP contribution in [0.25, 0.3) is 33.4 Å². The van der Waals surface area contributed by atoms with Gasteiger partial charge in [-0.25, -0.2) is 36.0 Å². The van der Waals surface area contributed by atoms with E-state index in [1.54, 1.807) is 71.3 Å². The zero-order valence-corrected chi connectivity index (χ0v) is 39.2. The highest BCUT2D eigenvalue weighted by atomic mass is 32.3. The SMILES string of the molecule is C=C(C)C(=O)OCCNC(=O)OCCN(CC)c1ccc2c(-c3ccccc3S(=O)(=O)NS(=O)(=O)C(F)(F)F)c3cc/c(=[N+](\CCOC(=O)NCCOC(=O)C(=C)C)c4ccccc4)cc-3oc2c1. The van der Waals surface area contributed by atoms with E-state index in [9.17, 15) is 49.2 Å². The molecule has 0 saturated carbocycles. The molecule has 0 bridgehead atoms. The minimum Gasteiger partial charge on any atom is -0.460 e. The van der Waals surface area contributed by atoms with Crippen LogP contribution in [-0.2, 0) is 48.6 Å². The Labute approximate surface area is 395 Å². The Bertz CT molecular complexity index is 3000. The number of carbonyl (C=O) groups excluding carboxylic acids is 4. The largest absolute Gasteiger partial charge is 0.512 e. The number of fused-ring (bicyclic) bond motifs is 2. The molecule has 69 heavy (non-hydrogen) atoms. The lowest BCUT2D eigenvalue weighted by molar-refractivity contribution is -0.139. The molecule has 3 aromatic carbocycles. The van der Waals surface area contributed by atoms with E-state index >= 15 is 0 Å². The molecule has 1 aliphatic carbocycles. The van der Waals surface area contributed by atoms with E-state index < -0.39 is 54.6 Å². The highest BCUT2D eigenvalue weighted by Gasteiger charge is 2.49. The maximum absolute atomic E-state index is 13.6. The molecule has 5 rings (SSSR count). The van der Waals surface area contributed by atoms with E-state index in [4.69, 9.17) is 23.4 Å². The van der Waals surface area contributed by atoms with Gasteiger partial charge in [0.2, 0.25) is 11.0 Å². The van der Waals surface area contributed by atoms with Crippen molar-refractivity contribution in [1.82, 2.24) is 19.3 Å². The number of hydrogen-bond acceptors (Lipinski definition) is 14. The van der Waals surface area contributed by atoms with Crippen LogP contribution in [0.3, 0.4) is 0 Å². The van der Waals surface area contributed by atoms with E-state index in [-0.39, 0.29) is 97.2 Å². The molecule has 0 spiro atoms. The summed E-state index contributed by atoms with van der Waals surface area (Å²) in [5, 5.41) is 5.75. The number of alkyl halides is 3.